The molecular weight excluding hydrogens is 402 g/mol. The van der Waals surface area contributed by atoms with Gasteiger partial charge >= 0.3 is 0 Å². The van der Waals surface area contributed by atoms with Crippen LogP contribution in [0.4, 0.5) is 5.82 Å². The third kappa shape index (κ3) is 4.00. The van der Waals surface area contributed by atoms with E-state index in [1.165, 1.54) is 22.4 Å². The Morgan fingerprint density at radius 3 is 2.91 bits per heavy atom. The average Bonchev–Trinajstić information content (AvgIpc) is 3.28. The van der Waals surface area contributed by atoms with E-state index in [1.54, 1.807) is 12.7 Å². The number of aryl methyl sites for hydroxylation is 1. The van der Waals surface area contributed by atoms with Crippen LogP contribution in [0.3, 0.4) is 0 Å². The Bertz CT molecular complexity index is 1130. The molecule has 0 radical (unpaired) electrons. The summed E-state index contributed by atoms with van der Waals surface area (Å²) in [5, 5.41) is 3.60. The summed E-state index contributed by atoms with van der Waals surface area (Å²) in [4.78, 5) is 24.0. The predicted octanol–water partition coefficient (Wildman–Crippen LogP) is 2.99. The zero-order chi connectivity index (χ0) is 22.1. The molecule has 4 heterocycles. The van der Waals surface area contributed by atoms with Gasteiger partial charge in [0.2, 0.25) is 0 Å². The SMILES string of the molecule is Cc1cccc2c1C(CCN1CCOCC1)=NC(C)([C@H](C)Nc1ncnc3nc[nH]c13)C2. The normalized spacial score (nSPS) is 22.4. The molecule has 2 atom stereocenters. The van der Waals surface area contributed by atoms with Gasteiger partial charge in [-0.05, 0) is 38.3 Å². The lowest BCUT2D eigenvalue weighted by Crippen LogP contribution is -2.46. The number of H-pyrrole nitrogens is 1. The number of anilines is 1. The summed E-state index contributed by atoms with van der Waals surface area (Å²) >= 11 is 0. The van der Waals surface area contributed by atoms with Crippen LogP contribution in [0.5, 0.6) is 0 Å². The van der Waals surface area contributed by atoms with E-state index in [0.29, 0.717) is 5.65 Å². The van der Waals surface area contributed by atoms with Crippen LogP contribution < -0.4 is 5.32 Å². The standard InChI is InChI=1S/C24H31N7O/c1-16-5-4-6-18-13-24(3,17(2)29-23-21-22(26-14-25-21)27-15-28-23)30-19(20(16)18)7-8-31-9-11-32-12-10-31/h4-6,14-15,17H,7-13H2,1-3H3,(H2,25,26,27,28,29)/t17-,24?/m0/s1. The molecule has 32 heavy (non-hydrogen) atoms. The monoisotopic (exact) mass is 433 g/mol. The highest BCUT2D eigenvalue weighted by atomic mass is 16.5. The van der Waals surface area contributed by atoms with Gasteiger partial charge < -0.3 is 15.0 Å². The molecule has 1 aromatic carbocycles. The Hall–Kier alpha value is -2.84. The van der Waals surface area contributed by atoms with Gasteiger partial charge in [-0.3, -0.25) is 9.89 Å². The van der Waals surface area contributed by atoms with Crippen LogP contribution in [0.1, 0.15) is 37.0 Å². The summed E-state index contributed by atoms with van der Waals surface area (Å²) in [6.45, 7) is 11.3. The average molecular weight is 434 g/mol. The number of imidazole rings is 1. The van der Waals surface area contributed by atoms with Crippen molar-refractivity contribution in [1.29, 1.82) is 0 Å². The van der Waals surface area contributed by atoms with Gasteiger partial charge in [0.1, 0.15) is 11.8 Å². The Morgan fingerprint density at radius 1 is 1.22 bits per heavy atom. The third-order valence-corrected chi connectivity index (χ3v) is 6.86. The van der Waals surface area contributed by atoms with Crippen LogP contribution in [0.25, 0.3) is 11.2 Å². The van der Waals surface area contributed by atoms with Gasteiger partial charge in [-0.25, -0.2) is 15.0 Å². The van der Waals surface area contributed by atoms with Crippen molar-refractivity contribution in [3.05, 3.63) is 47.5 Å². The second kappa shape index (κ2) is 8.60. The number of rotatable bonds is 6. The summed E-state index contributed by atoms with van der Waals surface area (Å²) in [7, 11) is 0. The highest BCUT2D eigenvalue weighted by Gasteiger charge is 2.37. The summed E-state index contributed by atoms with van der Waals surface area (Å²) in [5.41, 5.74) is 6.43. The number of ether oxygens (including phenoxy) is 1. The summed E-state index contributed by atoms with van der Waals surface area (Å²) < 4.78 is 5.52. The number of hydrogen-bond acceptors (Lipinski definition) is 7. The number of aliphatic imine (C=N–C) groups is 1. The maximum atomic E-state index is 5.52. The van der Waals surface area contributed by atoms with Crippen LogP contribution >= 0.6 is 0 Å². The fourth-order valence-electron chi connectivity index (χ4n) is 4.83. The molecule has 0 aliphatic carbocycles. The van der Waals surface area contributed by atoms with E-state index >= 15 is 0 Å². The van der Waals surface area contributed by atoms with Crippen molar-refractivity contribution in [2.24, 2.45) is 4.99 Å². The summed E-state index contributed by atoms with van der Waals surface area (Å²) in [5.74, 6) is 0.765. The smallest absolute Gasteiger partial charge is 0.182 e. The molecule has 1 fully saturated rings. The van der Waals surface area contributed by atoms with E-state index in [9.17, 15) is 0 Å². The van der Waals surface area contributed by atoms with Crippen molar-refractivity contribution >= 4 is 22.7 Å². The van der Waals surface area contributed by atoms with Crippen molar-refractivity contribution in [1.82, 2.24) is 24.8 Å². The molecule has 0 saturated carbocycles. The van der Waals surface area contributed by atoms with Gasteiger partial charge in [-0.15, -0.1) is 0 Å². The molecule has 3 aromatic rings. The van der Waals surface area contributed by atoms with E-state index in [2.05, 4.69) is 69.1 Å². The molecule has 8 nitrogen and oxygen atoms in total. The molecule has 0 spiro atoms. The fraction of sp³-hybridized carbons (Fsp3) is 0.500. The van der Waals surface area contributed by atoms with Crippen LogP contribution in [0, 0.1) is 6.92 Å². The second-order valence-electron chi connectivity index (χ2n) is 9.09. The largest absolute Gasteiger partial charge is 0.379 e. The maximum absolute atomic E-state index is 5.52. The zero-order valence-electron chi connectivity index (χ0n) is 19.1. The number of nitrogens with zero attached hydrogens (tertiary/aromatic N) is 5. The van der Waals surface area contributed by atoms with Crippen LogP contribution in [0.15, 0.2) is 35.8 Å². The van der Waals surface area contributed by atoms with Gasteiger partial charge in [0, 0.05) is 37.3 Å². The van der Waals surface area contributed by atoms with E-state index < -0.39 is 0 Å². The lowest BCUT2D eigenvalue weighted by Gasteiger charge is -2.38. The number of fused-ring (bicyclic) bond motifs is 2. The Labute approximate surface area is 188 Å². The highest BCUT2D eigenvalue weighted by molar-refractivity contribution is 6.04. The van der Waals surface area contributed by atoms with Crippen LogP contribution in [-0.2, 0) is 11.2 Å². The Balaban J connectivity index is 1.43. The van der Waals surface area contributed by atoms with Crippen molar-refractivity contribution in [3.8, 4) is 0 Å². The van der Waals surface area contributed by atoms with Gasteiger partial charge in [-0.2, -0.15) is 0 Å². The number of aromatic nitrogens is 4. The minimum atomic E-state index is -0.293. The number of morpholine rings is 1. The predicted molar refractivity (Wildman–Crippen MR) is 126 cm³/mol. The van der Waals surface area contributed by atoms with Gasteiger partial charge in [0.05, 0.1) is 31.1 Å². The van der Waals surface area contributed by atoms with Crippen molar-refractivity contribution in [3.63, 3.8) is 0 Å². The number of hydrogen-bond donors (Lipinski definition) is 2. The molecule has 2 aromatic heterocycles. The molecule has 0 bridgehead atoms. The molecule has 2 aliphatic rings. The molecule has 2 N–H and O–H groups in total. The molecule has 1 unspecified atom stereocenters. The molecule has 5 rings (SSSR count). The van der Waals surface area contributed by atoms with Crippen LogP contribution in [-0.4, -0.2) is 75.0 Å². The fourth-order valence-corrected chi connectivity index (χ4v) is 4.83. The number of aromatic amines is 1. The first-order valence-corrected chi connectivity index (χ1v) is 11.4. The Morgan fingerprint density at radius 2 is 2.06 bits per heavy atom. The van der Waals surface area contributed by atoms with E-state index in [4.69, 9.17) is 9.73 Å². The van der Waals surface area contributed by atoms with Crippen molar-refractivity contribution < 1.29 is 4.74 Å². The third-order valence-electron chi connectivity index (χ3n) is 6.86. The Kier molecular flexibility index (Phi) is 5.65. The number of benzene rings is 1. The maximum Gasteiger partial charge on any atom is 0.182 e. The molecule has 8 heteroatoms. The molecular formula is C24H31N7O. The van der Waals surface area contributed by atoms with Gasteiger partial charge in [-0.1, -0.05) is 18.2 Å². The first-order valence-electron chi connectivity index (χ1n) is 11.4. The van der Waals surface area contributed by atoms with E-state index in [-0.39, 0.29) is 11.6 Å². The lowest BCUT2D eigenvalue weighted by atomic mass is 9.79. The van der Waals surface area contributed by atoms with Crippen molar-refractivity contribution in [2.75, 3.05) is 38.2 Å². The second-order valence-corrected chi connectivity index (χ2v) is 9.09. The topological polar surface area (TPSA) is 91.3 Å². The first kappa shape index (κ1) is 21.0. The molecule has 168 valence electrons. The van der Waals surface area contributed by atoms with Crippen LogP contribution in [0.2, 0.25) is 0 Å². The van der Waals surface area contributed by atoms with Gasteiger partial charge in [0.25, 0.3) is 0 Å². The molecule has 0 amide bonds. The lowest BCUT2D eigenvalue weighted by molar-refractivity contribution is 0.0392. The molecule has 1 saturated heterocycles. The quantitative estimate of drug-likeness (QED) is 0.621. The minimum Gasteiger partial charge on any atom is -0.379 e. The first-order chi connectivity index (χ1) is 15.5. The van der Waals surface area contributed by atoms with Gasteiger partial charge in [0.15, 0.2) is 11.5 Å². The van der Waals surface area contributed by atoms with E-state index in [1.807, 2.05) is 0 Å². The minimum absolute atomic E-state index is 0.0657. The van der Waals surface area contributed by atoms with Crippen molar-refractivity contribution in [2.45, 2.75) is 45.2 Å². The molecule has 2 aliphatic heterocycles. The van der Waals surface area contributed by atoms with E-state index in [0.717, 1.165) is 57.0 Å². The summed E-state index contributed by atoms with van der Waals surface area (Å²) in [6.07, 6.45) is 5.03. The number of nitrogens with one attached hydrogen (secondary N) is 2. The summed E-state index contributed by atoms with van der Waals surface area (Å²) in [6, 6.07) is 6.68. The zero-order valence-corrected chi connectivity index (χ0v) is 19.1. The highest BCUT2D eigenvalue weighted by Crippen LogP contribution is 2.34.